The molecule has 0 N–H and O–H groups in total. The zero-order valence-electron chi connectivity index (χ0n) is 8.27. The molecule has 1 atom stereocenters. The lowest BCUT2D eigenvalue weighted by atomic mass is 10.5. The summed E-state index contributed by atoms with van der Waals surface area (Å²) >= 11 is 5.09. The largest absolute Gasteiger partial charge is 0.456 e. The van der Waals surface area contributed by atoms with Gasteiger partial charge in [0.25, 0.3) is 0 Å². The van der Waals surface area contributed by atoms with Gasteiger partial charge in [0.05, 0.1) is 6.10 Å². The Morgan fingerprint density at radius 1 is 1.54 bits per heavy atom. The Bertz CT molecular complexity index is 217. The highest BCUT2D eigenvalue weighted by molar-refractivity contribution is 8.09. The van der Waals surface area contributed by atoms with Gasteiger partial charge in [0.1, 0.15) is 0 Å². The van der Waals surface area contributed by atoms with E-state index in [4.69, 9.17) is 25.6 Å². The predicted molar refractivity (Wildman–Crippen MR) is 54.1 cm³/mol. The van der Waals surface area contributed by atoms with E-state index in [1.54, 1.807) is 0 Å². The van der Waals surface area contributed by atoms with Gasteiger partial charge < -0.3 is 13.8 Å². The molecule has 0 radical (unpaired) electrons. The first kappa shape index (κ1) is 13.0. The summed E-state index contributed by atoms with van der Waals surface area (Å²) in [5.74, 6) is -0.376. The van der Waals surface area contributed by atoms with Gasteiger partial charge >= 0.3 is 5.97 Å². The number of carbonyl (C=O) groups excluding carboxylic acids is 1. The summed E-state index contributed by atoms with van der Waals surface area (Å²) in [6.45, 7) is 2.61. The summed E-state index contributed by atoms with van der Waals surface area (Å²) in [6, 6.07) is 0. The lowest BCUT2D eigenvalue weighted by Crippen LogP contribution is -2.08. The van der Waals surface area contributed by atoms with Crippen LogP contribution in [0.1, 0.15) is 20.8 Å². The maximum atomic E-state index is 10.5. The Morgan fingerprint density at radius 3 is 2.38 bits per heavy atom. The molecule has 0 aromatic rings. The van der Waals surface area contributed by atoms with Gasteiger partial charge in [0.2, 0.25) is 6.49 Å². The number of hydrogen-bond acceptors (Lipinski definition) is 5. The molecule has 13 heavy (non-hydrogen) atoms. The van der Waals surface area contributed by atoms with E-state index in [1.807, 2.05) is 13.8 Å². The summed E-state index contributed by atoms with van der Waals surface area (Å²) in [6.07, 6.45) is 0.00754. The zero-order valence-corrected chi connectivity index (χ0v) is 9.98. The summed E-state index contributed by atoms with van der Waals surface area (Å²) < 4.78 is 15.1. The van der Waals surface area contributed by atoms with Crippen molar-refractivity contribution in [2.24, 2.45) is 0 Å². The van der Waals surface area contributed by atoms with E-state index in [2.05, 4.69) is 0 Å². The average molecular weight is 226 g/mol. The van der Waals surface area contributed by atoms with Crippen LogP contribution in [-0.2, 0) is 30.4 Å². The second kappa shape index (κ2) is 5.70. The molecule has 0 amide bonds. The normalized spacial score (nSPS) is 15.5. The fraction of sp³-hybridized carbons (Fsp3) is 0.857. The van der Waals surface area contributed by atoms with Gasteiger partial charge in [0, 0.05) is 14.0 Å². The van der Waals surface area contributed by atoms with Crippen LogP contribution >= 0.6 is 6.49 Å². The van der Waals surface area contributed by atoms with Crippen molar-refractivity contribution in [3.63, 3.8) is 0 Å². The summed E-state index contributed by atoms with van der Waals surface area (Å²) in [4.78, 5) is 10.5. The minimum Gasteiger partial charge on any atom is -0.456 e. The molecule has 0 aliphatic rings. The zero-order chi connectivity index (χ0) is 10.5. The maximum absolute atomic E-state index is 10.5. The molecule has 6 heteroatoms. The van der Waals surface area contributed by atoms with Crippen molar-refractivity contribution in [2.75, 3.05) is 13.5 Å². The minimum absolute atomic E-state index is 0.0265. The molecule has 78 valence electrons. The lowest BCUT2D eigenvalue weighted by molar-refractivity contribution is -0.139. The Labute approximate surface area is 83.7 Å². The molecule has 0 saturated carbocycles. The molecule has 0 saturated heterocycles. The monoisotopic (exact) mass is 226 g/mol. The molecule has 4 nitrogen and oxygen atoms in total. The highest BCUT2D eigenvalue weighted by atomic mass is 32.5. The molecule has 0 aromatic heterocycles. The number of carbonyl (C=O) groups is 1. The van der Waals surface area contributed by atoms with Gasteiger partial charge in [-0.1, -0.05) is 0 Å². The number of esters is 1. The van der Waals surface area contributed by atoms with Crippen LogP contribution in [0.5, 0.6) is 0 Å². The third-order valence-corrected chi connectivity index (χ3v) is 3.84. The molecule has 0 aromatic carbocycles. The molecule has 0 aliphatic carbocycles. The van der Waals surface area contributed by atoms with Gasteiger partial charge in [-0.15, -0.1) is 0 Å². The topological polar surface area (TPSA) is 44.8 Å². The molecule has 0 spiro atoms. The Kier molecular flexibility index (Phi) is 5.72. The van der Waals surface area contributed by atoms with Gasteiger partial charge in [0.15, 0.2) is 6.35 Å². The van der Waals surface area contributed by atoms with Gasteiger partial charge in [-0.05, 0) is 25.7 Å². The van der Waals surface area contributed by atoms with Crippen molar-refractivity contribution < 1.29 is 18.6 Å². The lowest BCUT2D eigenvalue weighted by Gasteiger charge is -2.21. The average Bonchev–Trinajstić information content (AvgIpc) is 2.00. The number of rotatable bonds is 5. The van der Waals surface area contributed by atoms with Crippen LogP contribution < -0.4 is 0 Å². The standard InChI is InChI=1S/C7H15O4PS/c1-6(2)11-12(13,9-4)5-10-7(3)8/h6H,5H2,1-4H3/t12-/m1/s1. The summed E-state index contributed by atoms with van der Waals surface area (Å²) in [5.41, 5.74) is 0. The Balaban J connectivity index is 4.12. The number of ether oxygens (including phenoxy) is 1. The van der Waals surface area contributed by atoms with Gasteiger partial charge in [-0.3, -0.25) is 4.79 Å². The second-order valence-corrected chi connectivity index (χ2v) is 6.44. The third kappa shape index (κ3) is 6.16. The van der Waals surface area contributed by atoms with Crippen LogP contribution in [0.4, 0.5) is 0 Å². The second-order valence-electron chi connectivity index (χ2n) is 2.71. The first-order valence-corrected chi connectivity index (χ1v) is 6.68. The van der Waals surface area contributed by atoms with Gasteiger partial charge in [-0.25, -0.2) is 0 Å². The van der Waals surface area contributed by atoms with E-state index in [-0.39, 0.29) is 18.4 Å². The van der Waals surface area contributed by atoms with Crippen LogP contribution in [0.25, 0.3) is 0 Å². The SMILES string of the molecule is CO[P@](=S)(COC(C)=O)OC(C)C. The van der Waals surface area contributed by atoms with E-state index in [1.165, 1.54) is 14.0 Å². The van der Waals surface area contributed by atoms with Crippen LogP contribution in [0.2, 0.25) is 0 Å². The highest BCUT2D eigenvalue weighted by Crippen LogP contribution is 2.48. The van der Waals surface area contributed by atoms with Crippen molar-refractivity contribution in [2.45, 2.75) is 26.9 Å². The van der Waals surface area contributed by atoms with Crippen molar-refractivity contribution >= 4 is 24.3 Å². The molecule has 0 fully saturated rings. The van der Waals surface area contributed by atoms with E-state index in [0.29, 0.717) is 0 Å². The molecule has 0 rings (SSSR count). The van der Waals surface area contributed by atoms with Crippen molar-refractivity contribution in [3.05, 3.63) is 0 Å². The first-order valence-electron chi connectivity index (χ1n) is 3.86. The van der Waals surface area contributed by atoms with Crippen LogP contribution in [0.15, 0.2) is 0 Å². The fourth-order valence-corrected chi connectivity index (χ4v) is 2.53. The molecule has 0 bridgehead atoms. The van der Waals surface area contributed by atoms with Crippen molar-refractivity contribution in [1.29, 1.82) is 0 Å². The molecular formula is C7H15O4PS. The highest BCUT2D eigenvalue weighted by Gasteiger charge is 2.20. The Hall–Kier alpha value is 0.0400. The van der Waals surface area contributed by atoms with Gasteiger partial charge in [-0.2, -0.15) is 0 Å². The quantitative estimate of drug-likeness (QED) is 0.529. The predicted octanol–water partition coefficient (Wildman–Crippen LogP) is 1.89. The molecule has 0 heterocycles. The molecule has 0 unspecified atom stereocenters. The Morgan fingerprint density at radius 2 is 2.08 bits per heavy atom. The maximum Gasteiger partial charge on any atom is 0.303 e. The van der Waals surface area contributed by atoms with E-state index in [0.717, 1.165) is 0 Å². The van der Waals surface area contributed by atoms with E-state index in [9.17, 15) is 4.79 Å². The van der Waals surface area contributed by atoms with E-state index < -0.39 is 6.49 Å². The molecule has 0 aliphatic heterocycles. The van der Waals surface area contributed by atoms with Crippen LogP contribution in [0, 0.1) is 0 Å². The third-order valence-electron chi connectivity index (χ3n) is 1.08. The fourth-order valence-electron chi connectivity index (χ4n) is 0.617. The smallest absolute Gasteiger partial charge is 0.303 e. The van der Waals surface area contributed by atoms with Crippen molar-refractivity contribution in [3.8, 4) is 0 Å². The van der Waals surface area contributed by atoms with Crippen LogP contribution in [0.3, 0.4) is 0 Å². The van der Waals surface area contributed by atoms with Crippen LogP contribution in [-0.4, -0.2) is 25.5 Å². The van der Waals surface area contributed by atoms with Crippen molar-refractivity contribution in [1.82, 2.24) is 0 Å². The summed E-state index contributed by atoms with van der Waals surface area (Å²) in [7, 11) is 1.46. The minimum atomic E-state index is -2.42. The summed E-state index contributed by atoms with van der Waals surface area (Å²) in [5, 5.41) is 0. The first-order chi connectivity index (χ1) is 5.89. The van der Waals surface area contributed by atoms with E-state index >= 15 is 0 Å². The number of hydrogen-bond donors (Lipinski definition) is 0. The molecular weight excluding hydrogens is 211 g/mol.